The fourth-order valence-corrected chi connectivity index (χ4v) is 2.13. The van der Waals surface area contributed by atoms with Crippen LogP contribution >= 0.6 is 0 Å². The molecule has 1 amide bonds. The molecule has 2 rings (SSSR count). The smallest absolute Gasteiger partial charge is 0.325 e. The Morgan fingerprint density at radius 2 is 2.19 bits per heavy atom. The number of hydrogen-bond donors (Lipinski definition) is 2. The molecule has 1 atom stereocenters. The lowest BCUT2D eigenvalue weighted by molar-refractivity contribution is -0.137. The number of nitrogens with one attached hydrogen (secondary N) is 1. The van der Waals surface area contributed by atoms with Crippen molar-refractivity contribution in [1.82, 2.24) is 25.2 Å². The number of amides is 1. The fourth-order valence-electron chi connectivity index (χ4n) is 2.13. The van der Waals surface area contributed by atoms with Crippen molar-refractivity contribution >= 4 is 11.9 Å². The summed E-state index contributed by atoms with van der Waals surface area (Å²) in [4.78, 5) is 24.7. The van der Waals surface area contributed by atoms with Crippen LogP contribution < -0.4 is 5.32 Å². The van der Waals surface area contributed by atoms with Crippen molar-refractivity contribution in [3.05, 3.63) is 11.9 Å². The summed E-state index contributed by atoms with van der Waals surface area (Å²) in [6, 6.07) is -0.0415. The minimum absolute atomic E-state index is 0.0415. The zero-order chi connectivity index (χ0) is 15.2. The number of aromatic nitrogens is 3. The number of carboxylic acid groups (broad SMARTS) is 1. The molecule has 1 aliphatic rings. The van der Waals surface area contributed by atoms with E-state index in [1.54, 1.807) is 0 Å². The Morgan fingerprint density at radius 1 is 1.48 bits per heavy atom. The number of nitrogens with zero attached hydrogens (tertiary/aromatic N) is 4. The van der Waals surface area contributed by atoms with Gasteiger partial charge in [-0.1, -0.05) is 5.21 Å². The standard InChI is InChI=1S/C12H19N5O4/c1-9(6-16-2-4-21-5-3-16)13-12(20)10-7-17(15-14-10)8-11(18)19/h7,9H,2-6,8H2,1H3,(H,13,20)(H,18,19). The summed E-state index contributed by atoms with van der Waals surface area (Å²) in [6.45, 7) is 5.47. The first-order valence-electron chi connectivity index (χ1n) is 6.77. The second kappa shape index (κ2) is 7.14. The Labute approximate surface area is 121 Å². The number of aliphatic carboxylic acids is 1. The normalized spacial score (nSPS) is 17.4. The van der Waals surface area contributed by atoms with Crippen LogP contribution in [0.4, 0.5) is 0 Å². The molecule has 2 N–H and O–H groups in total. The van der Waals surface area contributed by atoms with Gasteiger partial charge >= 0.3 is 5.97 Å². The molecule has 0 bridgehead atoms. The van der Waals surface area contributed by atoms with Crippen LogP contribution in [0.15, 0.2) is 6.20 Å². The highest BCUT2D eigenvalue weighted by molar-refractivity contribution is 5.92. The lowest BCUT2D eigenvalue weighted by Gasteiger charge is -2.29. The van der Waals surface area contributed by atoms with E-state index < -0.39 is 5.97 Å². The van der Waals surface area contributed by atoms with Crippen LogP contribution in [0.3, 0.4) is 0 Å². The Hall–Kier alpha value is -2.00. The Morgan fingerprint density at radius 3 is 2.86 bits per heavy atom. The molecule has 2 heterocycles. The first-order valence-corrected chi connectivity index (χ1v) is 6.77. The SMILES string of the molecule is CC(CN1CCOCC1)NC(=O)c1cn(CC(=O)O)nn1. The van der Waals surface area contributed by atoms with Crippen molar-refractivity contribution in [3.63, 3.8) is 0 Å². The molecule has 9 nitrogen and oxygen atoms in total. The quantitative estimate of drug-likeness (QED) is 0.679. The number of ether oxygens (including phenoxy) is 1. The highest BCUT2D eigenvalue weighted by Crippen LogP contribution is 2.00. The third-order valence-electron chi connectivity index (χ3n) is 3.08. The van der Waals surface area contributed by atoms with Gasteiger partial charge in [0.15, 0.2) is 5.69 Å². The van der Waals surface area contributed by atoms with Gasteiger partial charge in [0, 0.05) is 25.7 Å². The average molecular weight is 297 g/mol. The molecule has 1 aromatic heterocycles. The van der Waals surface area contributed by atoms with Gasteiger partial charge in [-0.05, 0) is 6.92 Å². The van der Waals surface area contributed by atoms with Crippen molar-refractivity contribution in [1.29, 1.82) is 0 Å². The van der Waals surface area contributed by atoms with Gasteiger partial charge in [0.05, 0.1) is 19.4 Å². The van der Waals surface area contributed by atoms with E-state index in [0.717, 1.165) is 24.3 Å². The molecular weight excluding hydrogens is 278 g/mol. The van der Waals surface area contributed by atoms with Gasteiger partial charge in [-0.2, -0.15) is 0 Å². The number of carbonyl (C=O) groups is 2. The zero-order valence-corrected chi connectivity index (χ0v) is 11.9. The first kappa shape index (κ1) is 15.4. The van der Waals surface area contributed by atoms with Crippen LogP contribution in [-0.4, -0.2) is 75.8 Å². The maximum Gasteiger partial charge on any atom is 0.325 e. The van der Waals surface area contributed by atoms with Crippen LogP contribution in [0.25, 0.3) is 0 Å². The van der Waals surface area contributed by atoms with Crippen LogP contribution in [0.1, 0.15) is 17.4 Å². The van der Waals surface area contributed by atoms with Gasteiger partial charge in [0.2, 0.25) is 0 Å². The lowest BCUT2D eigenvalue weighted by Crippen LogP contribution is -2.46. The molecule has 0 aromatic carbocycles. The van der Waals surface area contributed by atoms with E-state index in [9.17, 15) is 9.59 Å². The van der Waals surface area contributed by atoms with Gasteiger partial charge in [-0.3, -0.25) is 14.5 Å². The van der Waals surface area contributed by atoms with Crippen molar-refractivity contribution in [2.75, 3.05) is 32.8 Å². The monoisotopic (exact) mass is 297 g/mol. The van der Waals surface area contributed by atoms with Crippen molar-refractivity contribution < 1.29 is 19.4 Å². The van der Waals surface area contributed by atoms with Crippen LogP contribution in [0, 0.1) is 0 Å². The molecular formula is C12H19N5O4. The fraction of sp³-hybridized carbons (Fsp3) is 0.667. The summed E-state index contributed by atoms with van der Waals surface area (Å²) in [7, 11) is 0. The van der Waals surface area contributed by atoms with Crippen molar-refractivity contribution in [2.45, 2.75) is 19.5 Å². The summed E-state index contributed by atoms with van der Waals surface area (Å²) >= 11 is 0. The van der Waals surface area contributed by atoms with Crippen molar-refractivity contribution in [3.8, 4) is 0 Å². The summed E-state index contributed by atoms with van der Waals surface area (Å²) < 4.78 is 6.38. The first-order chi connectivity index (χ1) is 10.0. The van der Waals surface area contributed by atoms with E-state index in [1.165, 1.54) is 6.20 Å². The number of carboxylic acids is 1. The molecule has 1 fully saturated rings. The number of carbonyl (C=O) groups excluding carboxylic acids is 1. The van der Waals surface area contributed by atoms with E-state index in [1.807, 2.05) is 6.92 Å². The van der Waals surface area contributed by atoms with Gasteiger partial charge in [0.25, 0.3) is 5.91 Å². The minimum atomic E-state index is -1.03. The topological polar surface area (TPSA) is 110 Å². The maximum atomic E-state index is 12.0. The van der Waals surface area contributed by atoms with Crippen molar-refractivity contribution in [2.24, 2.45) is 0 Å². The molecule has 9 heteroatoms. The molecule has 1 aromatic rings. The summed E-state index contributed by atoms with van der Waals surface area (Å²) in [5.41, 5.74) is 0.116. The highest BCUT2D eigenvalue weighted by Gasteiger charge is 2.17. The van der Waals surface area contributed by atoms with Gasteiger partial charge in [-0.25, -0.2) is 4.68 Å². The summed E-state index contributed by atoms with van der Waals surface area (Å²) in [5.74, 6) is -1.39. The third-order valence-corrected chi connectivity index (χ3v) is 3.08. The molecule has 1 aliphatic heterocycles. The maximum absolute atomic E-state index is 12.0. The Balaban J connectivity index is 1.82. The van der Waals surface area contributed by atoms with Crippen LogP contribution in [-0.2, 0) is 16.1 Å². The predicted octanol–water partition coefficient (Wildman–Crippen LogP) is -1.19. The number of rotatable bonds is 6. The summed E-state index contributed by atoms with van der Waals surface area (Å²) in [5, 5.41) is 18.7. The number of morpholine rings is 1. The second-order valence-electron chi connectivity index (χ2n) is 4.98. The van der Waals surface area contributed by atoms with Gasteiger partial charge in [0.1, 0.15) is 6.54 Å². The van der Waals surface area contributed by atoms with Crippen LogP contribution in [0.5, 0.6) is 0 Å². The largest absolute Gasteiger partial charge is 0.480 e. The molecule has 0 radical (unpaired) electrons. The lowest BCUT2D eigenvalue weighted by atomic mass is 10.2. The Bertz CT molecular complexity index is 498. The van der Waals surface area contributed by atoms with E-state index in [2.05, 4.69) is 20.5 Å². The predicted molar refractivity (Wildman–Crippen MR) is 71.8 cm³/mol. The second-order valence-corrected chi connectivity index (χ2v) is 4.98. The van der Waals surface area contributed by atoms with E-state index in [-0.39, 0.29) is 24.2 Å². The van der Waals surface area contributed by atoms with Gasteiger partial charge < -0.3 is 15.2 Å². The summed E-state index contributed by atoms with van der Waals surface area (Å²) in [6.07, 6.45) is 1.32. The van der Waals surface area contributed by atoms with Crippen LogP contribution in [0.2, 0.25) is 0 Å². The molecule has 1 saturated heterocycles. The van der Waals surface area contributed by atoms with E-state index in [0.29, 0.717) is 13.2 Å². The average Bonchev–Trinajstić information content (AvgIpc) is 2.87. The molecule has 0 aliphatic carbocycles. The van der Waals surface area contributed by atoms with E-state index >= 15 is 0 Å². The Kier molecular flexibility index (Phi) is 5.23. The molecule has 21 heavy (non-hydrogen) atoms. The molecule has 116 valence electrons. The van der Waals surface area contributed by atoms with E-state index in [4.69, 9.17) is 9.84 Å². The number of hydrogen-bond acceptors (Lipinski definition) is 6. The molecule has 1 unspecified atom stereocenters. The zero-order valence-electron chi connectivity index (χ0n) is 11.9. The molecule has 0 saturated carbocycles. The highest BCUT2D eigenvalue weighted by atomic mass is 16.5. The minimum Gasteiger partial charge on any atom is -0.480 e. The third kappa shape index (κ3) is 4.80. The van der Waals surface area contributed by atoms with Gasteiger partial charge in [-0.15, -0.1) is 5.10 Å². The molecule has 0 spiro atoms.